The smallest absolute Gasteiger partial charge is 0.340 e. The Balaban J connectivity index is 1.87. The lowest BCUT2D eigenvalue weighted by Crippen LogP contribution is -2.54. The fourth-order valence-electron chi connectivity index (χ4n) is 3.07. The Morgan fingerprint density at radius 2 is 1.52 bits per heavy atom. The molecule has 0 saturated carbocycles. The monoisotopic (exact) mass is 437 g/mol. The number of hydrogen-bond acceptors (Lipinski definition) is 5. The van der Waals surface area contributed by atoms with E-state index >= 15 is 0 Å². The van der Waals surface area contributed by atoms with Crippen LogP contribution >= 0.6 is 0 Å². The van der Waals surface area contributed by atoms with E-state index < -0.39 is 20.7 Å². The van der Waals surface area contributed by atoms with Crippen LogP contribution in [0.15, 0.2) is 89.8 Å². The first-order valence-corrected chi connectivity index (χ1v) is 11.0. The standard InChI is InChI=1S/C24H23NO5S/c1-30-21-13-9-19(10-14-21)20-11-15-22(16-12-20)31(28,29)24(25,23(26)27)17-5-8-18-6-3-2-4-7-18/h2-16H,17,25H2,1H3,(H,26,27)/b8-5+. The maximum Gasteiger partial charge on any atom is 0.340 e. The molecule has 3 rings (SSSR count). The minimum Gasteiger partial charge on any atom is -0.497 e. The zero-order valence-electron chi connectivity index (χ0n) is 16.9. The number of rotatable bonds is 8. The average Bonchev–Trinajstić information content (AvgIpc) is 2.79. The summed E-state index contributed by atoms with van der Waals surface area (Å²) in [6.07, 6.45) is 2.74. The van der Waals surface area contributed by atoms with Crippen LogP contribution in [0.25, 0.3) is 17.2 Å². The number of carbonyl (C=O) groups is 1. The van der Waals surface area contributed by atoms with E-state index in [1.54, 1.807) is 37.5 Å². The van der Waals surface area contributed by atoms with Gasteiger partial charge in [-0.1, -0.05) is 66.7 Å². The SMILES string of the molecule is COc1ccc(-c2ccc(S(=O)(=O)C(N)(C/C=C/c3ccccc3)C(=O)O)cc2)cc1. The van der Waals surface area contributed by atoms with Crippen LogP contribution in [0.1, 0.15) is 12.0 Å². The second kappa shape index (κ2) is 9.16. The van der Waals surface area contributed by atoms with Crippen molar-refractivity contribution in [3.63, 3.8) is 0 Å². The van der Waals surface area contributed by atoms with E-state index in [1.807, 2.05) is 42.5 Å². The number of aliphatic carboxylic acids is 1. The zero-order valence-corrected chi connectivity index (χ0v) is 17.7. The maximum absolute atomic E-state index is 13.1. The molecule has 0 heterocycles. The van der Waals surface area contributed by atoms with Crippen molar-refractivity contribution in [2.45, 2.75) is 16.2 Å². The Kier molecular flexibility index (Phi) is 6.58. The summed E-state index contributed by atoms with van der Waals surface area (Å²) in [5.74, 6) is -0.898. The second-order valence-electron chi connectivity index (χ2n) is 6.97. The molecule has 0 aliphatic heterocycles. The highest BCUT2D eigenvalue weighted by atomic mass is 32.2. The zero-order chi connectivity index (χ0) is 22.5. The maximum atomic E-state index is 13.1. The topological polar surface area (TPSA) is 107 Å². The Morgan fingerprint density at radius 1 is 0.968 bits per heavy atom. The Bertz CT molecular complexity index is 1170. The van der Waals surface area contributed by atoms with E-state index in [0.717, 1.165) is 16.7 Å². The first-order chi connectivity index (χ1) is 14.8. The molecule has 0 fully saturated rings. The third-order valence-electron chi connectivity index (χ3n) is 4.96. The van der Waals surface area contributed by atoms with Gasteiger partial charge in [-0.3, -0.25) is 0 Å². The Hall–Kier alpha value is -3.42. The molecular formula is C24H23NO5S. The van der Waals surface area contributed by atoms with Crippen molar-refractivity contribution in [1.82, 2.24) is 0 Å². The highest BCUT2D eigenvalue weighted by Gasteiger charge is 2.47. The van der Waals surface area contributed by atoms with Gasteiger partial charge in [0.1, 0.15) is 5.75 Å². The first-order valence-electron chi connectivity index (χ1n) is 9.51. The van der Waals surface area contributed by atoms with E-state index in [9.17, 15) is 18.3 Å². The number of carboxylic acid groups (broad SMARTS) is 1. The van der Waals surface area contributed by atoms with E-state index in [4.69, 9.17) is 10.5 Å². The lowest BCUT2D eigenvalue weighted by molar-refractivity contribution is -0.139. The van der Waals surface area contributed by atoms with E-state index in [2.05, 4.69) is 0 Å². The summed E-state index contributed by atoms with van der Waals surface area (Å²) in [5, 5.41) is 9.66. The summed E-state index contributed by atoms with van der Waals surface area (Å²) < 4.78 is 31.4. The predicted octanol–water partition coefficient (Wildman–Crippen LogP) is 3.98. The molecule has 31 heavy (non-hydrogen) atoms. The minimum absolute atomic E-state index is 0.150. The van der Waals surface area contributed by atoms with Crippen LogP contribution in [0.5, 0.6) is 5.75 Å². The normalized spacial score (nSPS) is 13.6. The summed E-state index contributed by atoms with van der Waals surface area (Å²) in [6, 6.07) is 22.4. The largest absolute Gasteiger partial charge is 0.497 e. The molecular weight excluding hydrogens is 414 g/mol. The molecule has 0 aromatic heterocycles. The highest BCUT2D eigenvalue weighted by Crippen LogP contribution is 2.29. The third kappa shape index (κ3) is 4.68. The highest BCUT2D eigenvalue weighted by molar-refractivity contribution is 7.93. The van der Waals surface area contributed by atoms with Crippen LogP contribution in [0.3, 0.4) is 0 Å². The van der Waals surface area contributed by atoms with Gasteiger partial charge in [-0.25, -0.2) is 13.2 Å². The number of nitrogens with two attached hydrogens (primary N) is 1. The molecule has 0 spiro atoms. The number of hydrogen-bond donors (Lipinski definition) is 2. The summed E-state index contributed by atoms with van der Waals surface area (Å²) in [5.41, 5.74) is 8.41. The van der Waals surface area contributed by atoms with Crippen molar-refractivity contribution >= 4 is 21.9 Å². The van der Waals surface area contributed by atoms with Gasteiger partial charge in [0.25, 0.3) is 0 Å². The van der Waals surface area contributed by atoms with Crippen LogP contribution < -0.4 is 10.5 Å². The minimum atomic E-state index is -4.36. The Morgan fingerprint density at radius 3 is 2.03 bits per heavy atom. The molecule has 7 heteroatoms. The molecule has 3 aromatic carbocycles. The molecule has 0 aliphatic carbocycles. The van der Waals surface area contributed by atoms with Gasteiger partial charge in [0.15, 0.2) is 0 Å². The van der Waals surface area contributed by atoms with Crippen molar-refractivity contribution in [1.29, 1.82) is 0 Å². The van der Waals surface area contributed by atoms with Crippen LogP contribution in [-0.2, 0) is 14.6 Å². The van der Waals surface area contributed by atoms with E-state index in [1.165, 1.54) is 18.2 Å². The van der Waals surface area contributed by atoms with Gasteiger partial charge in [0, 0.05) is 6.42 Å². The average molecular weight is 438 g/mol. The summed E-state index contributed by atoms with van der Waals surface area (Å²) in [7, 11) is -2.78. The molecule has 1 unspecified atom stereocenters. The third-order valence-corrected chi connectivity index (χ3v) is 7.15. The quantitative estimate of drug-likeness (QED) is 0.552. The fourth-order valence-corrected chi connectivity index (χ4v) is 4.53. The molecule has 3 aromatic rings. The number of ether oxygens (including phenoxy) is 1. The molecule has 0 aliphatic rings. The van der Waals surface area contributed by atoms with Gasteiger partial charge in [0.2, 0.25) is 14.7 Å². The second-order valence-corrected chi connectivity index (χ2v) is 9.17. The van der Waals surface area contributed by atoms with Gasteiger partial charge >= 0.3 is 5.97 Å². The number of benzene rings is 3. The summed E-state index contributed by atoms with van der Waals surface area (Å²) in [6.45, 7) is 0. The van der Waals surface area contributed by atoms with Crippen molar-refractivity contribution in [3.05, 3.63) is 90.5 Å². The molecule has 0 radical (unpaired) electrons. The van der Waals surface area contributed by atoms with E-state index in [-0.39, 0.29) is 11.3 Å². The summed E-state index contributed by atoms with van der Waals surface area (Å²) in [4.78, 5) is 9.25. The molecule has 0 saturated heterocycles. The van der Waals surface area contributed by atoms with Crippen molar-refractivity contribution < 1.29 is 23.1 Å². The lowest BCUT2D eigenvalue weighted by Gasteiger charge is -2.23. The molecule has 160 valence electrons. The molecule has 3 N–H and O–H groups in total. The summed E-state index contributed by atoms with van der Waals surface area (Å²) >= 11 is 0. The lowest BCUT2D eigenvalue weighted by atomic mass is 10.1. The Labute approximate surface area is 181 Å². The van der Waals surface area contributed by atoms with Gasteiger partial charge in [0.05, 0.1) is 12.0 Å². The van der Waals surface area contributed by atoms with Crippen molar-refractivity contribution in [3.8, 4) is 16.9 Å². The van der Waals surface area contributed by atoms with Crippen molar-refractivity contribution in [2.24, 2.45) is 5.73 Å². The number of carboxylic acids is 1. The predicted molar refractivity (Wildman–Crippen MR) is 120 cm³/mol. The van der Waals surface area contributed by atoms with Gasteiger partial charge < -0.3 is 15.6 Å². The van der Waals surface area contributed by atoms with Crippen LogP contribution in [-0.4, -0.2) is 31.5 Å². The number of methoxy groups -OCH3 is 1. The fraction of sp³-hybridized carbons (Fsp3) is 0.125. The van der Waals surface area contributed by atoms with Crippen LogP contribution in [0, 0.1) is 0 Å². The van der Waals surface area contributed by atoms with Gasteiger partial charge in [-0.15, -0.1) is 0 Å². The molecule has 0 bridgehead atoms. The molecule has 0 amide bonds. The van der Waals surface area contributed by atoms with Gasteiger partial charge in [-0.05, 0) is 41.0 Å². The van der Waals surface area contributed by atoms with Crippen LogP contribution in [0.2, 0.25) is 0 Å². The number of sulfone groups is 1. The van der Waals surface area contributed by atoms with E-state index in [0.29, 0.717) is 5.75 Å². The van der Waals surface area contributed by atoms with Gasteiger partial charge in [-0.2, -0.15) is 0 Å². The molecule has 1 atom stereocenters. The van der Waals surface area contributed by atoms with Crippen molar-refractivity contribution in [2.75, 3.05) is 7.11 Å². The molecule has 6 nitrogen and oxygen atoms in total. The first kappa shape index (κ1) is 22.3. The van der Waals surface area contributed by atoms with Crippen LogP contribution in [0.4, 0.5) is 0 Å².